The molecule has 2 aliphatic rings. The summed E-state index contributed by atoms with van der Waals surface area (Å²) < 4.78 is 28.6. The minimum Gasteiger partial charge on any atom is -0.349 e. The third-order valence-corrected chi connectivity index (χ3v) is 5.28. The van der Waals surface area contributed by atoms with E-state index in [0.29, 0.717) is 29.5 Å². The van der Waals surface area contributed by atoms with Crippen LogP contribution >= 0.6 is 0 Å². The Balaban J connectivity index is 2.01. The number of benzene rings is 1. The van der Waals surface area contributed by atoms with E-state index in [4.69, 9.17) is 0 Å². The number of anilines is 1. The van der Waals surface area contributed by atoms with Crippen LogP contribution in [-0.4, -0.2) is 32.7 Å². The largest absolute Gasteiger partial charge is 0.349 e. The molecule has 1 aromatic rings. The van der Waals surface area contributed by atoms with Crippen LogP contribution in [-0.2, 0) is 10.0 Å². The van der Waals surface area contributed by atoms with E-state index in [9.17, 15) is 13.2 Å². The quantitative estimate of drug-likeness (QED) is 0.914. The fourth-order valence-electron chi connectivity index (χ4n) is 2.62. The van der Waals surface area contributed by atoms with E-state index < -0.39 is 10.0 Å². The van der Waals surface area contributed by atoms with Crippen LogP contribution < -0.4 is 10.2 Å². The SMILES string of the molecule is CC1=NS(=O)(=O)c2cc(C(=O)NC3CC3)ccc2N1CC(C)C. The topological polar surface area (TPSA) is 78.8 Å². The molecule has 0 unspecified atom stereocenters. The highest BCUT2D eigenvalue weighted by Gasteiger charge is 2.31. The lowest BCUT2D eigenvalue weighted by molar-refractivity contribution is 0.0951. The molecule has 1 heterocycles. The first-order valence-corrected chi connectivity index (χ1v) is 9.26. The van der Waals surface area contributed by atoms with E-state index in [-0.39, 0.29) is 16.8 Å². The molecule has 0 bridgehead atoms. The van der Waals surface area contributed by atoms with Crippen molar-refractivity contribution in [3.8, 4) is 0 Å². The summed E-state index contributed by atoms with van der Waals surface area (Å²) in [6.07, 6.45) is 1.97. The number of fused-ring (bicyclic) bond motifs is 1. The van der Waals surface area contributed by atoms with Gasteiger partial charge in [-0.05, 0) is 43.9 Å². The Labute approximate surface area is 136 Å². The Morgan fingerprint density at radius 2 is 2.09 bits per heavy atom. The summed E-state index contributed by atoms with van der Waals surface area (Å²) in [5.74, 6) is 0.584. The maximum atomic E-state index is 12.4. The molecule has 1 aliphatic heterocycles. The van der Waals surface area contributed by atoms with E-state index >= 15 is 0 Å². The minimum absolute atomic E-state index is 0.104. The van der Waals surface area contributed by atoms with Crippen LogP contribution in [0.25, 0.3) is 0 Å². The van der Waals surface area contributed by atoms with E-state index in [0.717, 1.165) is 12.8 Å². The number of amides is 1. The number of carbonyl (C=O) groups is 1. The van der Waals surface area contributed by atoms with Gasteiger partial charge in [0.15, 0.2) is 0 Å². The first kappa shape index (κ1) is 16.0. The van der Waals surface area contributed by atoms with Gasteiger partial charge in [0.1, 0.15) is 10.7 Å². The molecule has 1 aliphatic carbocycles. The van der Waals surface area contributed by atoms with Crippen LogP contribution in [0.1, 0.15) is 44.0 Å². The summed E-state index contributed by atoms with van der Waals surface area (Å²) in [5, 5.41) is 2.87. The van der Waals surface area contributed by atoms with Crippen LogP contribution in [0.2, 0.25) is 0 Å². The number of rotatable bonds is 4. The van der Waals surface area contributed by atoms with Gasteiger partial charge in [0.05, 0.1) is 5.69 Å². The normalized spacial score (nSPS) is 19.3. The number of hydrogen-bond donors (Lipinski definition) is 1. The molecule has 6 nitrogen and oxygen atoms in total. The number of hydrogen-bond acceptors (Lipinski definition) is 4. The van der Waals surface area contributed by atoms with Gasteiger partial charge in [-0.2, -0.15) is 8.42 Å². The summed E-state index contributed by atoms with van der Waals surface area (Å²) in [7, 11) is -3.76. The summed E-state index contributed by atoms with van der Waals surface area (Å²) in [4.78, 5) is 14.2. The molecule has 0 saturated heterocycles. The van der Waals surface area contributed by atoms with Gasteiger partial charge in [0, 0.05) is 18.2 Å². The molecule has 7 heteroatoms. The first-order valence-electron chi connectivity index (χ1n) is 7.82. The van der Waals surface area contributed by atoms with E-state index in [2.05, 4.69) is 23.6 Å². The predicted molar refractivity (Wildman–Crippen MR) is 89.4 cm³/mol. The number of nitrogens with zero attached hydrogens (tertiary/aromatic N) is 2. The van der Waals surface area contributed by atoms with Gasteiger partial charge in [-0.3, -0.25) is 4.79 Å². The van der Waals surface area contributed by atoms with Crippen LogP contribution in [0.5, 0.6) is 0 Å². The molecule has 1 amide bonds. The second-order valence-electron chi connectivity index (χ2n) is 6.55. The second kappa shape index (κ2) is 5.63. The average Bonchev–Trinajstić information content (AvgIpc) is 3.26. The van der Waals surface area contributed by atoms with Crippen LogP contribution in [0.3, 0.4) is 0 Å². The third kappa shape index (κ3) is 3.24. The highest BCUT2D eigenvalue weighted by Crippen LogP contribution is 2.33. The number of sulfonamides is 1. The lowest BCUT2D eigenvalue weighted by Crippen LogP contribution is -2.37. The summed E-state index contributed by atoms with van der Waals surface area (Å²) in [6.45, 7) is 6.49. The zero-order chi connectivity index (χ0) is 16.8. The van der Waals surface area contributed by atoms with Crippen LogP contribution in [0.4, 0.5) is 5.69 Å². The van der Waals surface area contributed by atoms with Crippen molar-refractivity contribution in [1.29, 1.82) is 0 Å². The number of amidine groups is 1. The molecule has 1 saturated carbocycles. The zero-order valence-corrected chi connectivity index (χ0v) is 14.4. The molecule has 3 rings (SSSR count). The highest BCUT2D eigenvalue weighted by molar-refractivity contribution is 7.90. The fraction of sp³-hybridized carbons (Fsp3) is 0.500. The van der Waals surface area contributed by atoms with Gasteiger partial charge in [-0.1, -0.05) is 13.8 Å². The van der Waals surface area contributed by atoms with Crippen molar-refractivity contribution in [3.05, 3.63) is 23.8 Å². The van der Waals surface area contributed by atoms with Gasteiger partial charge in [-0.15, -0.1) is 4.40 Å². The smallest absolute Gasteiger partial charge is 0.286 e. The molecule has 0 atom stereocenters. The Bertz CT molecular complexity index is 780. The summed E-state index contributed by atoms with van der Waals surface area (Å²) in [6, 6.07) is 5.05. The fourth-order valence-corrected chi connectivity index (χ4v) is 3.89. The van der Waals surface area contributed by atoms with Crippen LogP contribution in [0.15, 0.2) is 27.5 Å². The molecule has 124 valence electrons. The number of carbonyl (C=O) groups excluding carboxylic acids is 1. The first-order chi connectivity index (χ1) is 10.8. The lowest BCUT2D eigenvalue weighted by atomic mass is 10.1. The molecule has 23 heavy (non-hydrogen) atoms. The van der Waals surface area contributed by atoms with Crippen molar-refractivity contribution in [2.45, 2.75) is 44.6 Å². The maximum absolute atomic E-state index is 12.4. The van der Waals surface area contributed by atoms with E-state index in [1.165, 1.54) is 6.07 Å². The Morgan fingerprint density at radius 3 is 2.70 bits per heavy atom. The monoisotopic (exact) mass is 335 g/mol. The molecule has 1 fully saturated rings. The molecular weight excluding hydrogens is 314 g/mol. The third-order valence-electron chi connectivity index (χ3n) is 3.89. The molecule has 0 spiro atoms. The van der Waals surface area contributed by atoms with Gasteiger partial charge >= 0.3 is 0 Å². The minimum atomic E-state index is -3.76. The van der Waals surface area contributed by atoms with Crippen molar-refractivity contribution in [2.75, 3.05) is 11.4 Å². The van der Waals surface area contributed by atoms with Gasteiger partial charge < -0.3 is 10.2 Å². The van der Waals surface area contributed by atoms with E-state index in [1.54, 1.807) is 19.1 Å². The zero-order valence-electron chi connectivity index (χ0n) is 13.5. The van der Waals surface area contributed by atoms with Gasteiger partial charge in [0.25, 0.3) is 15.9 Å². The lowest BCUT2D eigenvalue weighted by Gasteiger charge is -2.30. The maximum Gasteiger partial charge on any atom is 0.286 e. The van der Waals surface area contributed by atoms with Gasteiger partial charge in [-0.25, -0.2) is 0 Å². The highest BCUT2D eigenvalue weighted by atomic mass is 32.2. The average molecular weight is 335 g/mol. The van der Waals surface area contributed by atoms with Crippen molar-refractivity contribution in [1.82, 2.24) is 5.32 Å². The molecule has 0 aromatic heterocycles. The number of nitrogens with one attached hydrogen (secondary N) is 1. The van der Waals surface area contributed by atoms with Crippen molar-refractivity contribution in [2.24, 2.45) is 10.3 Å². The molecule has 1 aromatic carbocycles. The van der Waals surface area contributed by atoms with Gasteiger partial charge in [0.2, 0.25) is 0 Å². The van der Waals surface area contributed by atoms with E-state index in [1.807, 2.05) is 4.90 Å². The summed E-state index contributed by atoms with van der Waals surface area (Å²) >= 11 is 0. The van der Waals surface area contributed by atoms with Crippen molar-refractivity contribution >= 4 is 27.5 Å². The summed E-state index contributed by atoms with van der Waals surface area (Å²) in [5.41, 5.74) is 0.952. The molecule has 1 N–H and O–H groups in total. The Morgan fingerprint density at radius 1 is 1.39 bits per heavy atom. The van der Waals surface area contributed by atoms with Crippen molar-refractivity contribution < 1.29 is 13.2 Å². The standard InChI is InChI=1S/C16H21N3O3S/c1-10(2)9-19-11(3)18-23(21,22)15-8-12(4-7-14(15)19)16(20)17-13-5-6-13/h4,7-8,10,13H,5-6,9H2,1-3H3,(H,17,20). The van der Waals surface area contributed by atoms with Crippen molar-refractivity contribution in [3.63, 3.8) is 0 Å². The predicted octanol–water partition coefficient (Wildman–Crippen LogP) is 2.16. The van der Waals surface area contributed by atoms with Crippen LogP contribution in [0, 0.1) is 5.92 Å². The molecular formula is C16H21N3O3S. The molecule has 0 radical (unpaired) electrons. The Hall–Kier alpha value is -1.89. The Kier molecular flexibility index (Phi) is 3.91. The second-order valence-corrected chi connectivity index (χ2v) is 8.12.